The molecule has 4 heteroatoms. The number of para-hydroxylation sites is 2. The second-order valence-electron chi connectivity index (χ2n) is 4.88. The molecule has 0 fully saturated rings. The van der Waals surface area contributed by atoms with Gasteiger partial charge in [-0.3, -0.25) is 0 Å². The third-order valence-electron chi connectivity index (χ3n) is 3.11. The zero-order chi connectivity index (χ0) is 15.2. The fourth-order valence-electron chi connectivity index (χ4n) is 2.15. The lowest BCUT2D eigenvalue weighted by atomic mass is 10.1. The summed E-state index contributed by atoms with van der Waals surface area (Å²) in [6, 6.07) is 13.4. The van der Waals surface area contributed by atoms with Gasteiger partial charge in [0, 0.05) is 6.04 Å². The van der Waals surface area contributed by atoms with E-state index in [1.54, 1.807) is 14.2 Å². The topological polar surface area (TPSA) is 53.7 Å². The highest BCUT2D eigenvalue weighted by Gasteiger charge is 2.14. The average Bonchev–Trinajstić information content (AvgIpc) is 2.48. The van der Waals surface area contributed by atoms with Gasteiger partial charge < -0.3 is 19.9 Å². The van der Waals surface area contributed by atoms with E-state index in [9.17, 15) is 0 Å². The molecule has 0 bridgehead atoms. The molecule has 1 unspecified atom stereocenters. The van der Waals surface area contributed by atoms with E-state index >= 15 is 0 Å². The van der Waals surface area contributed by atoms with Crippen molar-refractivity contribution >= 4 is 0 Å². The lowest BCUT2D eigenvalue weighted by Crippen LogP contribution is -2.18. The summed E-state index contributed by atoms with van der Waals surface area (Å²) in [5, 5.41) is 0. The lowest BCUT2D eigenvalue weighted by molar-refractivity contribution is 0.345. The van der Waals surface area contributed by atoms with Crippen molar-refractivity contribution in [3.05, 3.63) is 48.0 Å². The van der Waals surface area contributed by atoms with E-state index in [0.717, 1.165) is 17.7 Å². The van der Waals surface area contributed by atoms with Gasteiger partial charge in [-0.15, -0.1) is 0 Å². The Hall–Kier alpha value is -2.20. The van der Waals surface area contributed by atoms with Gasteiger partial charge in [0.05, 0.1) is 14.2 Å². The second kappa shape index (κ2) is 6.99. The summed E-state index contributed by atoms with van der Waals surface area (Å²) in [5.41, 5.74) is 6.95. The minimum atomic E-state index is 0.0642. The molecule has 1 atom stereocenters. The van der Waals surface area contributed by atoms with Gasteiger partial charge in [0.15, 0.2) is 11.5 Å². The zero-order valence-electron chi connectivity index (χ0n) is 12.6. The van der Waals surface area contributed by atoms with E-state index in [1.807, 2.05) is 49.4 Å². The summed E-state index contributed by atoms with van der Waals surface area (Å²) < 4.78 is 16.8. The minimum absolute atomic E-state index is 0.0642. The van der Waals surface area contributed by atoms with Gasteiger partial charge in [-0.05, 0) is 37.1 Å². The van der Waals surface area contributed by atoms with Crippen molar-refractivity contribution in [2.45, 2.75) is 19.4 Å². The van der Waals surface area contributed by atoms with Gasteiger partial charge >= 0.3 is 0 Å². The molecule has 0 radical (unpaired) electrons. The third kappa shape index (κ3) is 3.67. The van der Waals surface area contributed by atoms with Crippen LogP contribution in [0, 0.1) is 0 Å². The van der Waals surface area contributed by atoms with Crippen molar-refractivity contribution in [3.63, 3.8) is 0 Å². The molecule has 0 aliphatic rings. The Morgan fingerprint density at radius 2 is 1.48 bits per heavy atom. The maximum atomic E-state index is 6.05. The van der Waals surface area contributed by atoms with E-state index in [2.05, 4.69) is 0 Å². The van der Waals surface area contributed by atoms with Crippen molar-refractivity contribution < 1.29 is 14.2 Å². The number of nitrogens with two attached hydrogens (primary N) is 1. The normalized spacial score (nSPS) is 11.8. The summed E-state index contributed by atoms with van der Waals surface area (Å²) in [6.45, 7) is 1.97. The number of hydrogen-bond acceptors (Lipinski definition) is 4. The largest absolute Gasteiger partial charge is 0.493 e. The minimum Gasteiger partial charge on any atom is -0.493 e. The van der Waals surface area contributed by atoms with Gasteiger partial charge in [0.25, 0.3) is 0 Å². The van der Waals surface area contributed by atoms with E-state index in [1.165, 1.54) is 0 Å². The Balaban J connectivity index is 2.38. The first kappa shape index (κ1) is 15.2. The predicted molar refractivity (Wildman–Crippen MR) is 83.4 cm³/mol. The number of hydrogen-bond donors (Lipinski definition) is 1. The van der Waals surface area contributed by atoms with Crippen molar-refractivity contribution in [1.82, 2.24) is 0 Å². The molecule has 21 heavy (non-hydrogen) atoms. The Labute approximate surface area is 125 Å². The molecule has 0 aliphatic heterocycles. The van der Waals surface area contributed by atoms with Crippen LogP contribution in [0.15, 0.2) is 42.5 Å². The average molecular weight is 287 g/mol. The van der Waals surface area contributed by atoms with Crippen LogP contribution in [0.5, 0.6) is 23.0 Å². The Bertz CT molecular complexity index is 574. The van der Waals surface area contributed by atoms with Crippen LogP contribution in [0.25, 0.3) is 0 Å². The summed E-state index contributed by atoms with van der Waals surface area (Å²) in [5.74, 6) is 2.59. The Morgan fingerprint density at radius 3 is 2.05 bits per heavy atom. The molecule has 2 aromatic carbocycles. The van der Waals surface area contributed by atoms with Crippen molar-refractivity contribution in [3.8, 4) is 23.0 Å². The molecule has 0 aromatic heterocycles. The highest BCUT2D eigenvalue weighted by molar-refractivity contribution is 5.53. The van der Waals surface area contributed by atoms with Crippen molar-refractivity contribution in [2.24, 2.45) is 5.73 Å². The summed E-state index contributed by atoms with van der Waals surface area (Å²) in [7, 11) is 3.21. The smallest absolute Gasteiger partial charge is 0.211 e. The second-order valence-corrected chi connectivity index (χ2v) is 4.88. The number of methoxy groups -OCH3 is 2. The summed E-state index contributed by atoms with van der Waals surface area (Å²) in [4.78, 5) is 0. The predicted octanol–water partition coefficient (Wildman–Crippen LogP) is 3.39. The zero-order valence-corrected chi connectivity index (χ0v) is 12.6. The summed E-state index contributed by atoms with van der Waals surface area (Å²) >= 11 is 0. The van der Waals surface area contributed by atoms with Gasteiger partial charge in [0.2, 0.25) is 5.75 Å². The molecule has 0 saturated heterocycles. The first-order valence-corrected chi connectivity index (χ1v) is 6.88. The van der Waals surface area contributed by atoms with Crippen molar-refractivity contribution in [2.75, 3.05) is 14.2 Å². The van der Waals surface area contributed by atoms with Gasteiger partial charge in [0.1, 0.15) is 5.75 Å². The van der Waals surface area contributed by atoms with Crippen LogP contribution >= 0.6 is 0 Å². The Morgan fingerprint density at radius 1 is 0.905 bits per heavy atom. The molecule has 0 spiro atoms. The Kier molecular flexibility index (Phi) is 5.06. The molecule has 112 valence electrons. The maximum Gasteiger partial charge on any atom is 0.211 e. The monoisotopic (exact) mass is 287 g/mol. The van der Waals surface area contributed by atoms with E-state index in [0.29, 0.717) is 17.2 Å². The molecule has 0 aliphatic carbocycles. The van der Waals surface area contributed by atoms with Gasteiger partial charge in [-0.2, -0.15) is 0 Å². The van der Waals surface area contributed by atoms with Crippen LogP contribution in [-0.4, -0.2) is 20.3 Å². The molecule has 4 nitrogen and oxygen atoms in total. The standard InChI is InChI=1S/C17H21NO3/c1-12(18)11-13-7-4-5-8-14(13)21-17-15(19-2)9-6-10-16(17)20-3/h4-10,12H,11,18H2,1-3H3. The van der Waals surface area contributed by atoms with E-state index in [-0.39, 0.29) is 6.04 Å². The molecule has 2 aromatic rings. The first-order valence-electron chi connectivity index (χ1n) is 6.88. The summed E-state index contributed by atoms with van der Waals surface area (Å²) in [6.07, 6.45) is 0.744. The lowest BCUT2D eigenvalue weighted by Gasteiger charge is -2.16. The molecule has 0 amide bonds. The van der Waals surface area contributed by atoms with Gasteiger partial charge in [-0.25, -0.2) is 0 Å². The van der Waals surface area contributed by atoms with Crippen LogP contribution < -0.4 is 19.9 Å². The quantitative estimate of drug-likeness (QED) is 0.885. The number of rotatable bonds is 6. The highest BCUT2D eigenvalue weighted by atomic mass is 16.5. The SMILES string of the molecule is COc1cccc(OC)c1Oc1ccccc1CC(C)N. The van der Waals surface area contributed by atoms with Crippen LogP contribution in [0.1, 0.15) is 12.5 Å². The molecule has 2 rings (SSSR count). The molecule has 0 saturated carbocycles. The van der Waals surface area contributed by atoms with E-state index in [4.69, 9.17) is 19.9 Å². The fraction of sp³-hybridized carbons (Fsp3) is 0.294. The first-order chi connectivity index (χ1) is 10.2. The number of benzene rings is 2. The molecule has 0 heterocycles. The number of ether oxygens (including phenoxy) is 3. The third-order valence-corrected chi connectivity index (χ3v) is 3.11. The van der Waals surface area contributed by atoms with Crippen LogP contribution in [0.4, 0.5) is 0 Å². The fourth-order valence-corrected chi connectivity index (χ4v) is 2.15. The van der Waals surface area contributed by atoms with Gasteiger partial charge in [-0.1, -0.05) is 24.3 Å². The van der Waals surface area contributed by atoms with Crippen LogP contribution in [0.3, 0.4) is 0 Å². The maximum absolute atomic E-state index is 6.05. The van der Waals surface area contributed by atoms with Crippen LogP contribution in [0.2, 0.25) is 0 Å². The van der Waals surface area contributed by atoms with Crippen molar-refractivity contribution in [1.29, 1.82) is 0 Å². The highest BCUT2D eigenvalue weighted by Crippen LogP contribution is 2.40. The van der Waals surface area contributed by atoms with E-state index < -0.39 is 0 Å². The molecular weight excluding hydrogens is 266 g/mol. The molecule has 2 N–H and O–H groups in total. The molecular formula is C17H21NO3. The van der Waals surface area contributed by atoms with Crippen LogP contribution in [-0.2, 0) is 6.42 Å².